The van der Waals surface area contributed by atoms with Crippen LogP contribution in [0.15, 0.2) is 28.7 Å². The van der Waals surface area contributed by atoms with Crippen molar-refractivity contribution >= 4 is 27.9 Å². The summed E-state index contributed by atoms with van der Waals surface area (Å²) in [7, 11) is 0. The van der Waals surface area contributed by atoms with Gasteiger partial charge in [0.15, 0.2) is 0 Å². The van der Waals surface area contributed by atoms with Crippen LogP contribution >= 0.6 is 15.9 Å². The van der Waals surface area contributed by atoms with Gasteiger partial charge in [0.2, 0.25) is 5.72 Å². The fourth-order valence-corrected chi connectivity index (χ4v) is 2.20. The van der Waals surface area contributed by atoms with Crippen LogP contribution in [0.25, 0.3) is 0 Å². The van der Waals surface area contributed by atoms with Crippen LogP contribution in [0, 0.1) is 0 Å². The van der Waals surface area contributed by atoms with E-state index in [0.717, 1.165) is 0 Å². The van der Waals surface area contributed by atoms with E-state index in [-0.39, 0.29) is 12.0 Å². The molecule has 1 aliphatic rings. The van der Waals surface area contributed by atoms with Crippen LogP contribution in [-0.4, -0.2) is 29.3 Å². The maximum absolute atomic E-state index is 11.8. The highest BCUT2D eigenvalue weighted by molar-refractivity contribution is 9.10. The van der Waals surface area contributed by atoms with Gasteiger partial charge in [0.1, 0.15) is 0 Å². The maximum atomic E-state index is 11.8. The third-order valence-corrected chi connectivity index (χ3v) is 3.44. The van der Waals surface area contributed by atoms with Gasteiger partial charge in [-0.1, -0.05) is 12.1 Å². The van der Waals surface area contributed by atoms with Crippen molar-refractivity contribution in [2.45, 2.75) is 18.6 Å². The molecule has 0 spiro atoms. The molecule has 0 amide bonds. The molecule has 1 saturated heterocycles. The maximum Gasteiger partial charge on any atom is 0.361 e. The van der Waals surface area contributed by atoms with Gasteiger partial charge in [-0.15, -0.1) is 0 Å². The Hall–Kier alpha value is -1.24. The average molecular weight is 314 g/mol. The van der Waals surface area contributed by atoms with Crippen molar-refractivity contribution in [2.24, 2.45) is 0 Å². The van der Waals surface area contributed by atoms with E-state index >= 15 is 0 Å². The Morgan fingerprint density at radius 3 is 2.72 bits per heavy atom. The largest absolute Gasteiger partial charge is 0.386 e. The summed E-state index contributed by atoms with van der Waals surface area (Å²) in [5.41, 5.74) is -1.50. The van der Waals surface area contributed by atoms with Gasteiger partial charge in [-0.3, -0.25) is 5.32 Å². The Bertz CT molecular complexity index is 483. The predicted octanol–water partition coefficient (Wildman–Crippen LogP) is 1.20. The first-order valence-corrected chi connectivity index (χ1v) is 6.31. The smallest absolute Gasteiger partial charge is 0.361 e. The highest BCUT2D eigenvalue weighted by Crippen LogP contribution is 2.20. The topological polar surface area (TPSA) is 75.6 Å². The van der Waals surface area contributed by atoms with E-state index in [2.05, 4.69) is 26.0 Å². The van der Waals surface area contributed by atoms with Crippen molar-refractivity contribution in [2.75, 3.05) is 6.54 Å². The number of rotatable bonds is 2. The SMILES string of the molecule is O=C(OC(=O)[C@]1(O)CCCN1)c1ccccc1Br. The first-order valence-electron chi connectivity index (χ1n) is 5.51. The molecule has 0 saturated carbocycles. The fourth-order valence-electron chi connectivity index (χ4n) is 1.75. The van der Waals surface area contributed by atoms with E-state index in [1.165, 1.54) is 6.07 Å². The zero-order valence-corrected chi connectivity index (χ0v) is 11.1. The molecule has 5 nitrogen and oxygen atoms in total. The molecule has 18 heavy (non-hydrogen) atoms. The molecule has 1 aliphatic heterocycles. The Morgan fingerprint density at radius 1 is 1.39 bits per heavy atom. The van der Waals surface area contributed by atoms with Gasteiger partial charge >= 0.3 is 11.9 Å². The third-order valence-electron chi connectivity index (χ3n) is 2.75. The molecule has 0 aliphatic carbocycles. The van der Waals surface area contributed by atoms with Crippen molar-refractivity contribution in [1.29, 1.82) is 0 Å². The molecular formula is C12H12BrNO4. The minimum absolute atomic E-state index is 0.243. The lowest BCUT2D eigenvalue weighted by Gasteiger charge is -2.19. The molecule has 1 aromatic carbocycles. The molecule has 1 aromatic rings. The van der Waals surface area contributed by atoms with Gasteiger partial charge < -0.3 is 9.84 Å². The van der Waals surface area contributed by atoms with Gasteiger partial charge in [-0.25, -0.2) is 9.59 Å². The second-order valence-electron chi connectivity index (χ2n) is 4.05. The van der Waals surface area contributed by atoms with Gasteiger partial charge in [-0.05, 0) is 41.0 Å². The monoisotopic (exact) mass is 313 g/mol. The van der Waals surface area contributed by atoms with E-state index in [4.69, 9.17) is 0 Å². The number of benzene rings is 1. The summed E-state index contributed by atoms with van der Waals surface area (Å²) < 4.78 is 5.22. The van der Waals surface area contributed by atoms with E-state index in [0.29, 0.717) is 17.4 Å². The van der Waals surface area contributed by atoms with Gasteiger partial charge in [-0.2, -0.15) is 0 Å². The Balaban J connectivity index is 2.08. The predicted molar refractivity (Wildman–Crippen MR) is 66.8 cm³/mol. The van der Waals surface area contributed by atoms with E-state index in [1.807, 2.05) is 0 Å². The molecule has 2 rings (SSSR count). The normalized spacial score (nSPS) is 22.8. The first-order chi connectivity index (χ1) is 8.53. The summed E-state index contributed by atoms with van der Waals surface area (Å²) >= 11 is 3.19. The van der Waals surface area contributed by atoms with Crippen LogP contribution in [0.3, 0.4) is 0 Å². The van der Waals surface area contributed by atoms with Crippen LogP contribution in [0.1, 0.15) is 23.2 Å². The minimum atomic E-state index is -1.74. The molecule has 1 fully saturated rings. The molecule has 2 N–H and O–H groups in total. The van der Waals surface area contributed by atoms with E-state index in [9.17, 15) is 14.7 Å². The molecule has 96 valence electrons. The zero-order valence-electron chi connectivity index (χ0n) is 9.48. The number of nitrogens with one attached hydrogen (secondary N) is 1. The molecule has 0 bridgehead atoms. The number of ether oxygens (including phenoxy) is 1. The second kappa shape index (κ2) is 5.17. The lowest BCUT2D eigenvalue weighted by atomic mass is 10.1. The van der Waals surface area contributed by atoms with Crippen LogP contribution in [0.5, 0.6) is 0 Å². The van der Waals surface area contributed by atoms with E-state index in [1.54, 1.807) is 18.2 Å². The van der Waals surface area contributed by atoms with Gasteiger partial charge in [0.25, 0.3) is 0 Å². The van der Waals surface area contributed by atoms with Gasteiger partial charge in [0.05, 0.1) is 5.56 Å². The number of aliphatic hydroxyl groups is 1. The van der Waals surface area contributed by atoms with Crippen LogP contribution in [-0.2, 0) is 9.53 Å². The zero-order chi connectivity index (χ0) is 13.2. The summed E-state index contributed by atoms with van der Waals surface area (Å²) in [6.45, 7) is 0.523. The molecule has 0 unspecified atom stereocenters. The molecule has 1 atom stereocenters. The summed E-state index contributed by atoms with van der Waals surface area (Å²) in [6.07, 6.45) is 0.907. The second-order valence-corrected chi connectivity index (χ2v) is 4.90. The number of carbonyl (C=O) groups excluding carboxylic acids is 2. The molecule has 0 radical (unpaired) electrons. The summed E-state index contributed by atoms with van der Waals surface area (Å²) in [6, 6.07) is 6.61. The highest BCUT2D eigenvalue weighted by Gasteiger charge is 2.41. The third kappa shape index (κ3) is 2.60. The van der Waals surface area contributed by atoms with Gasteiger partial charge in [0, 0.05) is 10.9 Å². The molecule has 1 heterocycles. The van der Waals surface area contributed by atoms with Crippen molar-refractivity contribution in [3.8, 4) is 0 Å². The first kappa shape index (κ1) is 13.2. The van der Waals surface area contributed by atoms with Crippen LogP contribution in [0.4, 0.5) is 0 Å². The van der Waals surface area contributed by atoms with Crippen molar-refractivity contribution < 1.29 is 19.4 Å². The fraction of sp³-hybridized carbons (Fsp3) is 0.333. The number of carbonyl (C=O) groups is 2. The van der Waals surface area contributed by atoms with Crippen molar-refractivity contribution in [1.82, 2.24) is 5.32 Å². The molecule has 6 heteroatoms. The van der Waals surface area contributed by atoms with Crippen LogP contribution in [0.2, 0.25) is 0 Å². The number of hydrogen-bond donors (Lipinski definition) is 2. The highest BCUT2D eigenvalue weighted by atomic mass is 79.9. The number of hydrogen-bond acceptors (Lipinski definition) is 5. The Morgan fingerprint density at radius 2 is 2.11 bits per heavy atom. The average Bonchev–Trinajstić information content (AvgIpc) is 2.78. The minimum Gasteiger partial charge on any atom is -0.386 e. The molecule has 0 aromatic heterocycles. The summed E-state index contributed by atoms with van der Waals surface area (Å²) in [5, 5.41) is 12.5. The molecular weight excluding hydrogens is 302 g/mol. The quantitative estimate of drug-likeness (QED) is 0.634. The summed E-state index contributed by atoms with van der Waals surface area (Å²) in [4.78, 5) is 23.5. The standard InChI is InChI=1S/C12H12BrNO4/c13-9-5-2-1-4-8(9)10(15)18-11(16)12(17)6-3-7-14-12/h1-2,4-5,14,17H,3,6-7H2/t12-/m1/s1. The Kier molecular flexibility index (Phi) is 3.79. The summed E-state index contributed by atoms with van der Waals surface area (Å²) in [5.74, 6) is -1.74. The van der Waals surface area contributed by atoms with E-state index < -0.39 is 17.7 Å². The van der Waals surface area contributed by atoms with Crippen molar-refractivity contribution in [3.05, 3.63) is 34.3 Å². The number of halogens is 1. The lowest BCUT2D eigenvalue weighted by molar-refractivity contribution is -0.161. The Labute approximate surface area is 112 Å². The lowest BCUT2D eigenvalue weighted by Crippen LogP contribution is -2.49. The van der Waals surface area contributed by atoms with Crippen molar-refractivity contribution in [3.63, 3.8) is 0 Å². The van der Waals surface area contributed by atoms with Crippen LogP contribution < -0.4 is 5.32 Å². The number of esters is 2.